The highest BCUT2D eigenvalue weighted by Gasteiger charge is 2.57. The summed E-state index contributed by atoms with van der Waals surface area (Å²) in [6.45, 7) is 0. The highest BCUT2D eigenvalue weighted by Crippen LogP contribution is 2.56. The van der Waals surface area contributed by atoms with Crippen LogP contribution in [0.4, 0.5) is 23.4 Å². The summed E-state index contributed by atoms with van der Waals surface area (Å²) in [4.78, 5) is 9.67. The monoisotopic (exact) mass is 481 g/mol. The molecule has 2 saturated carbocycles. The summed E-state index contributed by atoms with van der Waals surface area (Å²) < 4.78 is 54.2. The zero-order valence-electron chi connectivity index (χ0n) is 14.8. The molecule has 1 N–H and O–H groups in total. The molecular formula is C18H17BrClF4N3O. The molecule has 0 aliphatic heterocycles. The molecule has 1 aromatic heterocycles. The van der Waals surface area contributed by atoms with Crippen LogP contribution in [0.25, 0.3) is 10.9 Å². The minimum atomic E-state index is -4.75. The molecule has 0 radical (unpaired) electrons. The lowest BCUT2D eigenvalue weighted by molar-refractivity contribution is -0.138. The summed E-state index contributed by atoms with van der Waals surface area (Å²) in [6, 6.07) is 0.737. The highest BCUT2D eigenvalue weighted by molar-refractivity contribution is 9.10. The molecular weight excluding hydrogens is 466 g/mol. The fourth-order valence-electron chi connectivity index (χ4n) is 4.77. The van der Waals surface area contributed by atoms with Gasteiger partial charge in [0.2, 0.25) is 5.28 Å². The number of aromatic nitrogens is 2. The first kappa shape index (κ1) is 20.1. The number of nitrogens with zero attached hydrogens (tertiary/aromatic N) is 3. The average molecular weight is 483 g/mol. The van der Waals surface area contributed by atoms with Crippen molar-refractivity contribution < 1.29 is 22.7 Å². The molecule has 0 bridgehead atoms. The van der Waals surface area contributed by atoms with Crippen molar-refractivity contribution in [2.75, 3.05) is 11.9 Å². The van der Waals surface area contributed by atoms with Gasteiger partial charge in [0.05, 0.1) is 16.1 Å². The summed E-state index contributed by atoms with van der Waals surface area (Å²) in [6.07, 6.45) is -1.06. The van der Waals surface area contributed by atoms with E-state index in [2.05, 4.69) is 25.9 Å². The van der Waals surface area contributed by atoms with Crippen LogP contribution in [-0.4, -0.2) is 34.3 Å². The minimum absolute atomic E-state index is 0.0607. The average Bonchev–Trinajstić information content (AvgIpc) is 3.14. The first-order valence-electron chi connectivity index (χ1n) is 8.89. The third kappa shape index (κ3) is 2.89. The molecule has 10 heteroatoms. The Balaban J connectivity index is 1.88. The maximum Gasteiger partial charge on any atom is 0.417 e. The van der Waals surface area contributed by atoms with Gasteiger partial charge in [0.15, 0.2) is 5.82 Å². The number of alkyl halides is 3. The Morgan fingerprint density at radius 3 is 2.50 bits per heavy atom. The molecule has 4 nitrogen and oxygen atoms in total. The van der Waals surface area contributed by atoms with Gasteiger partial charge in [0, 0.05) is 23.9 Å². The Bertz CT molecular complexity index is 949. The molecule has 2 aliphatic rings. The van der Waals surface area contributed by atoms with E-state index in [-0.39, 0.29) is 33.5 Å². The SMILES string of the molecule is CN(c1nc(Cl)nc2c(F)c(Br)c(C(F)(F)F)cc12)C1CC(O)C12CCCC2. The molecule has 2 atom stereocenters. The topological polar surface area (TPSA) is 49.2 Å². The van der Waals surface area contributed by atoms with Crippen LogP contribution in [0.1, 0.15) is 37.7 Å². The predicted octanol–water partition coefficient (Wildman–Crippen LogP) is 5.33. The second kappa shape index (κ2) is 6.67. The van der Waals surface area contributed by atoms with Gasteiger partial charge in [-0.3, -0.25) is 0 Å². The largest absolute Gasteiger partial charge is 0.417 e. The number of hydrogen-bond acceptors (Lipinski definition) is 4. The number of rotatable bonds is 2. The standard InChI is InChI=1S/C18H17BrClF4N3O/c1-27(10-7-11(28)17(10)4-2-3-5-17)15-8-6-9(18(22,23)24)12(19)13(21)14(8)25-16(20)26-15/h6,10-11,28H,2-5,7H2,1H3. The lowest BCUT2D eigenvalue weighted by Gasteiger charge is -2.55. The van der Waals surface area contributed by atoms with Crippen molar-refractivity contribution in [2.24, 2.45) is 5.41 Å². The van der Waals surface area contributed by atoms with Crippen molar-refractivity contribution in [3.05, 3.63) is 27.2 Å². The van der Waals surface area contributed by atoms with Gasteiger partial charge in [0.1, 0.15) is 11.3 Å². The molecule has 1 spiro atoms. The molecule has 0 amide bonds. The zero-order valence-corrected chi connectivity index (χ0v) is 17.2. The van der Waals surface area contributed by atoms with Crippen LogP contribution in [0.5, 0.6) is 0 Å². The van der Waals surface area contributed by atoms with Crippen molar-refractivity contribution in [3.63, 3.8) is 0 Å². The number of anilines is 1. The molecule has 2 fully saturated rings. The summed E-state index contributed by atoms with van der Waals surface area (Å²) in [5, 5.41) is 10.1. The van der Waals surface area contributed by atoms with E-state index in [0.29, 0.717) is 6.42 Å². The summed E-state index contributed by atoms with van der Waals surface area (Å²) in [5.41, 5.74) is -1.72. The maximum atomic E-state index is 14.7. The zero-order chi connectivity index (χ0) is 20.4. The van der Waals surface area contributed by atoms with Crippen LogP contribution in [0.15, 0.2) is 10.5 Å². The predicted molar refractivity (Wildman–Crippen MR) is 101 cm³/mol. The van der Waals surface area contributed by atoms with Crippen molar-refractivity contribution in [1.82, 2.24) is 9.97 Å². The van der Waals surface area contributed by atoms with Crippen LogP contribution in [0.2, 0.25) is 5.28 Å². The Morgan fingerprint density at radius 2 is 1.93 bits per heavy atom. The quantitative estimate of drug-likeness (QED) is 0.464. The van der Waals surface area contributed by atoms with E-state index in [4.69, 9.17) is 11.6 Å². The first-order valence-corrected chi connectivity index (χ1v) is 10.1. The van der Waals surface area contributed by atoms with Crippen LogP contribution in [-0.2, 0) is 6.18 Å². The van der Waals surface area contributed by atoms with Crippen molar-refractivity contribution in [1.29, 1.82) is 0 Å². The molecule has 1 heterocycles. The third-order valence-electron chi connectivity index (χ3n) is 6.24. The van der Waals surface area contributed by atoms with Gasteiger partial charge in [0.25, 0.3) is 0 Å². The fraction of sp³-hybridized carbons (Fsp3) is 0.556. The van der Waals surface area contributed by atoms with E-state index in [0.717, 1.165) is 31.7 Å². The number of hydrogen-bond donors (Lipinski definition) is 1. The van der Waals surface area contributed by atoms with Crippen molar-refractivity contribution >= 4 is 44.3 Å². The fourth-order valence-corrected chi connectivity index (χ4v) is 5.46. The van der Waals surface area contributed by atoms with E-state index in [9.17, 15) is 22.7 Å². The van der Waals surface area contributed by atoms with Crippen LogP contribution >= 0.6 is 27.5 Å². The number of aliphatic hydroxyl groups excluding tert-OH is 1. The molecule has 0 saturated heterocycles. The summed E-state index contributed by atoms with van der Waals surface area (Å²) in [7, 11) is 1.70. The van der Waals surface area contributed by atoms with Gasteiger partial charge in [-0.1, -0.05) is 12.8 Å². The van der Waals surface area contributed by atoms with Gasteiger partial charge < -0.3 is 10.0 Å². The number of fused-ring (bicyclic) bond motifs is 1. The highest BCUT2D eigenvalue weighted by atomic mass is 79.9. The number of halogens is 6. The van der Waals surface area contributed by atoms with Crippen LogP contribution in [0, 0.1) is 11.2 Å². The lowest BCUT2D eigenvalue weighted by Crippen LogP contribution is -2.62. The van der Waals surface area contributed by atoms with Crippen molar-refractivity contribution in [2.45, 2.75) is 50.4 Å². The Morgan fingerprint density at radius 1 is 1.29 bits per heavy atom. The number of aliphatic hydroxyl groups is 1. The van der Waals surface area contributed by atoms with Gasteiger partial charge >= 0.3 is 6.18 Å². The third-order valence-corrected chi connectivity index (χ3v) is 7.18. The van der Waals surface area contributed by atoms with Gasteiger partial charge in [-0.05, 0) is 52.9 Å². The van der Waals surface area contributed by atoms with E-state index in [1.807, 2.05) is 0 Å². The number of benzene rings is 1. The van der Waals surface area contributed by atoms with Gasteiger partial charge in [-0.2, -0.15) is 18.2 Å². The second-order valence-electron chi connectivity index (χ2n) is 7.58. The molecule has 1 aromatic carbocycles. The second-order valence-corrected chi connectivity index (χ2v) is 8.71. The first-order chi connectivity index (χ1) is 13.1. The van der Waals surface area contributed by atoms with E-state index in [1.54, 1.807) is 11.9 Å². The molecule has 2 unspecified atom stereocenters. The van der Waals surface area contributed by atoms with E-state index in [1.165, 1.54) is 0 Å². The Kier molecular flexibility index (Phi) is 4.79. The summed E-state index contributed by atoms with van der Waals surface area (Å²) in [5.74, 6) is -0.997. The summed E-state index contributed by atoms with van der Waals surface area (Å²) >= 11 is 8.65. The van der Waals surface area contributed by atoms with E-state index < -0.39 is 28.1 Å². The minimum Gasteiger partial charge on any atom is -0.392 e. The van der Waals surface area contributed by atoms with Crippen LogP contribution < -0.4 is 4.90 Å². The molecule has 2 aromatic rings. The molecule has 152 valence electrons. The Labute approximate surface area is 172 Å². The van der Waals surface area contributed by atoms with Gasteiger partial charge in [-0.15, -0.1) is 0 Å². The Hall–Kier alpha value is -1.19. The molecule has 2 aliphatic carbocycles. The van der Waals surface area contributed by atoms with Crippen LogP contribution in [0.3, 0.4) is 0 Å². The smallest absolute Gasteiger partial charge is 0.392 e. The van der Waals surface area contributed by atoms with Crippen molar-refractivity contribution in [3.8, 4) is 0 Å². The van der Waals surface area contributed by atoms with E-state index >= 15 is 0 Å². The molecule has 4 rings (SSSR count). The maximum absolute atomic E-state index is 14.7. The van der Waals surface area contributed by atoms with Gasteiger partial charge in [-0.25, -0.2) is 9.37 Å². The normalized spacial score (nSPS) is 24.0. The lowest BCUT2D eigenvalue weighted by atomic mass is 9.60. The molecule has 28 heavy (non-hydrogen) atoms.